The van der Waals surface area contributed by atoms with Gasteiger partial charge in [0, 0.05) is 38.3 Å². The van der Waals surface area contributed by atoms with Gasteiger partial charge in [0.05, 0.1) is 5.69 Å². The summed E-state index contributed by atoms with van der Waals surface area (Å²) in [6, 6.07) is 4.09. The summed E-state index contributed by atoms with van der Waals surface area (Å²) in [7, 11) is 1.96. The lowest BCUT2D eigenvalue weighted by molar-refractivity contribution is 0.641. The van der Waals surface area contributed by atoms with Gasteiger partial charge in [-0.25, -0.2) is 4.98 Å². The Labute approximate surface area is 128 Å². The van der Waals surface area contributed by atoms with E-state index in [1.54, 1.807) is 0 Å². The first-order chi connectivity index (χ1) is 10.2. The minimum Gasteiger partial charge on any atom is -0.313 e. The minimum atomic E-state index is 0.574. The maximum Gasteiger partial charge on any atom is 0.158 e. The van der Waals surface area contributed by atoms with Crippen LogP contribution in [0, 0.1) is 6.92 Å². The lowest BCUT2D eigenvalue weighted by Gasteiger charge is -2.09. The van der Waals surface area contributed by atoms with Crippen LogP contribution >= 0.6 is 11.6 Å². The number of hydrogen-bond acceptors (Lipinski definition) is 3. The number of aryl methyl sites for hydroxylation is 5. The second-order valence-electron chi connectivity index (χ2n) is 5.11. The van der Waals surface area contributed by atoms with Gasteiger partial charge in [0.25, 0.3) is 0 Å². The Morgan fingerprint density at radius 1 is 1.19 bits per heavy atom. The van der Waals surface area contributed by atoms with Gasteiger partial charge in [-0.05, 0) is 31.0 Å². The highest BCUT2D eigenvalue weighted by Crippen LogP contribution is 2.20. The molecule has 0 aromatic carbocycles. The van der Waals surface area contributed by atoms with Gasteiger partial charge in [-0.3, -0.25) is 9.67 Å². The molecule has 3 heterocycles. The highest BCUT2D eigenvalue weighted by atomic mass is 35.5. The fourth-order valence-electron chi connectivity index (χ4n) is 2.68. The highest BCUT2D eigenvalue weighted by molar-refractivity contribution is 6.17. The lowest BCUT2D eigenvalue weighted by Crippen LogP contribution is -2.10. The van der Waals surface area contributed by atoms with E-state index in [9.17, 15) is 0 Å². The molecule has 0 aliphatic heterocycles. The van der Waals surface area contributed by atoms with Gasteiger partial charge in [-0.15, -0.1) is 11.6 Å². The van der Waals surface area contributed by atoms with Crippen molar-refractivity contribution < 1.29 is 0 Å². The third-order valence-electron chi connectivity index (χ3n) is 3.66. The van der Waals surface area contributed by atoms with Crippen LogP contribution in [0.4, 0.5) is 0 Å². The van der Waals surface area contributed by atoms with Gasteiger partial charge in [0.2, 0.25) is 0 Å². The minimum absolute atomic E-state index is 0.574. The molecule has 0 radical (unpaired) electrons. The van der Waals surface area contributed by atoms with Crippen LogP contribution in [-0.2, 0) is 26.4 Å². The fourth-order valence-corrected chi connectivity index (χ4v) is 2.85. The molecule has 0 saturated heterocycles. The molecule has 3 aromatic heterocycles. The largest absolute Gasteiger partial charge is 0.313 e. The summed E-state index contributed by atoms with van der Waals surface area (Å²) in [6.07, 6.45) is 5.36. The molecule has 0 amide bonds. The Morgan fingerprint density at radius 2 is 1.95 bits per heavy atom. The van der Waals surface area contributed by atoms with Crippen molar-refractivity contribution in [3.05, 3.63) is 41.6 Å². The summed E-state index contributed by atoms with van der Waals surface area (Å²) in [6.45, 7) is 2.86. The average Bonchev–Trinajstić information content (AvgIpc) is 2.97. The number of imidazole rings is 1. The zero-order valence-electron chi connectivity index (χ0n) is 12.3. The van der Waals surface area contributed by atoms with Gasteiger partial charge in [0.15, 0.2) is 5.65 Å². The predicted octanol–water partition coefficient (Wildman–Crippen LogP) is 2.50. The molecule has 5 nitrogen and oxygen atoms in total. The van der Waals surface area contributed by atoms with Gasteiger partial charge in [-0.1, -0.05) is 0 Å². The standard InChI is InChI=1S/C15H18ClN5/c1-11-14-15(20(2)19-11)21(13(18-14)3-7-16)10-6-12-4-8-17-9-5-12/h4-5,8-9H,3,6-7,10H2,1-2H3. The van der Waals surface area contributed by atoms with E-state index in [1.165, 1.54) is 5.56 Å². The molecular formula is C15H18ClN5. The first-order valence-electron chi connectivity index (χ1n) is 7.04. The summed E-state index contributed by atoms with van der Waals surface area (Å²) >= 11 is 5.92. The number of hydrogen-bond donors (Lipinski definition) is 0. The molecule has 0 unspecified atom stereocenters. The first-order valence-corrected chi connectivity index (χ1v) is 7.57. The van der Waals surface area contributed by atoms with Crippen LogP contribution in [-0.4, -0.2) is 30.2 Å². The quantitative estimate of drug-likeness (QED) is 0.680. The maximum absolute atomic E-state index is 5.92. The van der Waals surface area contributed by atoms with E-state index in [1.807, 2.05) is 43.2 Å². The van der Waals surface area contributed by atoms with Crippen molar-refractivity contribution in [1.29, 1.82) is 0 Å². The molecule has 0 N–H and O–H groups in total. The average molecular weight is 304 g/mol. The van der Waals surface area contributed by atoms with Crippen molar-refractivity contribution in [2.75, 3.05) is 5.88 Å². The van der Waals surface area contributed by atoms with Crippen LogP contribution in [0.1, 0.15) is 17.1 Å². The fraction of sp³-hybridized carbons (Fsp3) is 0.400. The molecule has 0 fully saturated rings. The van der Waals surface area contributed by atoms with Gasteiger partial charge >= 0.3 is 0 Å². The van der Waals surface area contributed by atoms with Crippen molar-refractivity contribution >= 4 is 22.8 Å². The number of nitrogens with zero attached hydrogens (tertiary/aromatic N) is 5. The Morgan fingerprint density at radius 3 is 2.67 bits per heavy atom. The van der Waals surface area contributed by atoms with Crippen molar-refractivity contribution in [3.63, 3.8) is 0 Å². The molecule has 0 saturated carbocycles. The first kappa shape index (κ1) is 14.1. The Kier molecular flexibility index (Phi) is 3.92. The van der Waals surface area contributed by atoms with E-state index in [4.69, 9.17) is 16.6 Å². The summed E-state index contributed by atoms with van der Waals surface area (Å²) in [5.41, 5.74) is 4.28. The molecule has 6 heteroatoms. The van der Waals surface area contributed by atoms with Gasteiger partial charge in [-0.2, -0.15) is 5.10 Å². The van der Waals surface area contributed by atoms with Crippen molar-refractivity contribution in [2.24, 2.45) is 7.05 Å². The monoisotopic (exact) mass is 303 g/mol. The molecule has 110 valence electrons. The molecule has 0 aliphatic carbocycles. The summed E-state index contributed by atoms with van der Waals surface area (Å²) in [5, 5.41) is 4.46. The Balaban J connectivity index is 1.97. The molecule has 3 aromatic rings. The third kappa shape index (κ3) is 2.65. The number of alkyl halides is 1. The number of aromatic nitrogens is 5. The van der Waals surface area contributed by atoms with Crippen molar-refractivity contribution in [1.82, 2.24) is 24.3 Å². The summed E-state index contributed by atoms with van der Waals surface area (Å²) in [5.74, 6) is 1.61. The Hall–Kier alpha value is -1.88. The van der Waals surface area contributed by atoms with E-state index in [-0.39, 0.29) is 0 Å². The number of pyridine rings is 1. The van der Waals surface area contributed by atoms with E-state index >= 15 is 0 Å². The van der Waals surface area contributed by atoms with Crippen LogP contribution in [0.15, 0.2) is 24.5 Å². The smallest absolute Gasteiger partial charge is 0.158 e. The van der Waals surface area contributed by atoms with Gasteiger partial charge in [0.1, 0.15) is 11.3 Å². The van der Waals surface area contributed by atoms with Crippen LogP contribution in [0.25, 0.3) is 11.2 Å². The lowest BCUT2D eigenvalue weighted by atomic mass is 10.2. The van der Waals surface area contributed by atoms with Crippen LogP contribution in [0.3, 0.4) is 0 Å². The molecule has 0 bridgehead atoms. The van der Waals surface area contributed by atoms with E-state index in [2.05, 4.69) is 14.6 Å². The normalized spacial score (nSPS) is 11.4. The molecule has 0 spiro atoms. The van der Waals surface area contributed by atoms with E-state index in [0.29, 0.717) is 5.88 Å². The maximum atomic E-state index is 5.92. The molecule has 0 aliphatic rings. The zero-order valence-corrected chi connectivity index (χ0v) is 13.0. The van der Waals surface area contributed by atoms with Crippen LogP contribution in [0.5, 0.6) is 0 Å². The zero-order chi connectivity index (χ0) is 14.8. The molecule has 21 heavy (non-hydrogen) atoms. The molecular weight excluding hydrogens is 286 g/mol. The second kappa shape index (κ2) is 5.85. The number of rotatable bonds is 5. The van der Waals surface area contributed by atoms with E-state index in [0.717, 1.165) is 42.1 Å². The SMILES string of the molecule is Cc1nn(C)c2c1nc(CCCl)n2CCc1ccncc1. The topological polar surface area (TPSA) is 48.5 Å². The van der Waals surface area contributed by atoms with Crippen molar-refractivity contribution in [3.8, 4) is 0 Å². The Bertz CT molecular complexity index is 744. The summed E-state index contributed by atoms with van der Waals surface area (Å²) in [4.78, 5) is 8.77. The number of halogens is 1. The van der Waals surface area contributed by atoms with E-state index < -0.39 is 0 Å². The molecule has 0 atom stereocenters. The van der Waals surface area contributed by atoms with Crippen molar-refractivity contribution in [2.45, 2.75) is 26.3 Å². The van der Waals surface area contributed by atoms with Crippen LogP contribution < -0.4 is 0 Å². The highest BCUT2D eigenvalue weighted by Gasteiger charge is 2.16. The van der Waals surface area contributed by atoms with Crippen LogP contribution in [0.2, 0.25) is 0 Å². The predicted molar refractivity (Wildman–Crippen MR) is 83.6 cm³/mol. The molecule has 3 rings (SSSR count). The number of fused-ring (bicyclic) bond motifs is 1. The summed E-state index contributed by atoms with van der Waals surface area (Å²) < 4.78 is 4.14. The third-order valence-corrected chi connectivity index (χ3v) is 3.85. The second-order valence-corrected chi connectivity index (χ2v) is 5.48. The van der Waals surface area contributed by atoms with Gasteiger partial charge < -0.3 is 4.57 Å².